The van der Waals surface area contributed by atoms with E-state index in [-0.39, 0.29) is 5.56 Å². The lowest BCUT2D eigenvalue weighted by Crippen LogP contribution is -2.30. The molecule has 1 atom stereocenters. The van der Waals surface area contributed by atoms with Crippen LogP contribution in [0.15, 0.2) is 41.1 Å². The molecule has 2 aromatic rings. The van der Waals surface area contributed by atoms with Gasteiger partial charge in [-0.3, -0.25) is 9.78 Å². The number of carbonyl (C=O) groups excluding carboxylic acids is 2. The smallest absolute Gasteiger partial charge is 0.340 e. The molecule has 1 aromatic heterocycles. The molecule has 0 aliphatic carbocycles. The maximum atomic E-state index is 12.2. The number of nitrogens with zero attached hydrogens (tertiary/aromatic N) is 1. The molecule has 1 aliphatic rings. The van der Waals surface area contributed by atoms with Gasteiger partial charge in [-0.05, 0) is 41.1 Å². The molecular formula is C17H15BrN2O5. The van der Waals surface area contributed by atoms with Crippen molar-refractivity contribution in [2.75, 3.05) is 18.5 Å². The molecule has 130 valence electrons. The Kier molecular flexibility index (Phi) is 5.18. The third-order valence-corrected chi connectivity index (χ3v) is 3.84. The summed E-state index contributed by atoms with van der Waals surface area (Å²) in [4.78, 5) is 28.2. The van der Waals surface area contributed by atoms with Crippen LogP contribution in [0.1, 0.15) is 17.3 Å². The minimum absolute atomic E-state index is 0.258. The van der Waals surface area contributed by atoms with Crippen LogP contribution in [-0.2, 0) is 9.53 Å². The minimum Gasteiger partial charge on any atom is -0.486 e. The molecule has 8 heteroatoms. The van der Waals surface area contributed by atoms with Crippen LogP contribution in [0.3, 0.4) is 0 Å². The average Bonchev–Trinajstić information content (AvgIpc) is 2.61. The van der Waals surface area contributed by atoms with Crippen molar-refractivity contribution in [3.05, 3.63) is 46.7 Å². The number of rotatable bonds is 4. The maximum Gasteiger partial charge on any atom is 0.340 e. The summed E-state index contributed by atoms with van der Waals surface area (Å²) < 4.78 is 16.7. The fraction of sp³-hybridized carbons (Fsp3) is 0.235. The van der Waals surface area contributed by atoms with Gasteiger partial charge in [-0.1, -0.05) is 0 Å². The van der Waals surface area contributed by atoms with E-state index in [1.807, 2.05) is 0 Å². The number of carbonyl (C=O) groups is 2. The lowest BCUT2D eigenvalue weighted by Gasteiger charge is -2.19. The quantitative estimate of drug-likeness (QED) is 0.785. The van der Waals surface area contributed by atoms with Crippen molar-refractivity contribution in [2.45, 2.75) is 13.0 Å². The van der Waals surface area contributed by atoms with Crippen molar-refractivity contribution in [3.8, 4) is 11.5 Å². The fourth-order valence-corrected chi connectivity index (χ4v) is 2.54. The van der Waals surface area contributed by atoms with E-state index < -0.39 is 18.0 Å². The maximum absolute atomic E-state index is 12.2. The van der Waals surface area contributed by atoms with Gasteiger partial charge in [0.25, 0.3) is 5.91 Å². The number of aromatic nitrogens is 1. The first-order valence-corrected chi connectivity index (χ1v) is 8.34. The van der Waals surface area contributed by atoms with Crippen molar-refractivity contribution >= 4 is 33.5 Å². The molecule has 3 rings (SSSR count). The van der Waals surface area contributed by atoms with Crippen LogP contribution in [0.5, 0.6) is 11.5 Å². The van der Waals surface area contributed by atoms with Gasteiger partial charge in [-0.15, -0.1) is 0 Å². The molecule has 2 heterocycles. The van der Waals surface area contributed by atoms with Crippen LogP contribution < -0.4 is 14.8 Å². The fourth-order valence-electron chi connectivity index (χ4n) is 2.17. The normalized spacial score (nSPS) is 13.7. The van der Waals surface area contributed by atoms with Gasteiger partial charge in [-0.25, -0.2) is 4.79 Å². The Morgan fingerprint density at radius 2 is 1.96 bits per heavy atom. The molecule has 0 fully saturated rings. The molecule has 0 saturated heterocycles. The van der Waals surface area contributed by atoms with Gasteiger partial charge in [0, 0.05) is 28.6 Å². The number of ether oxygens (including phenoxy) is 3. The second kappa shape index (κ2) is 7.52. The summed E-state index contributed by atoms with van der Waals surface area (Å²) in [5.41, 5.74) is 0.787. The number of benzene rings is 1. The van der Waals surface area contributed by atoms with E-state index in [2.05, 4.69) is 26.2 Å². The van der Waals surface area contributed by atoms with Crippen LogP contribution in [0, 0.1) is 0 Å². The minimum atomic E-state index is -0.973. The summed E-state index contributed by atoms with van der Waals surface area (Å²) in [7, 11) is 0. The largest absolute Gasteiger partial charge is 0.486 e. The molecule has 0 unspecified atom stereocenters. The van der Waals surface area contributed by atoms with E-state index in [0.29, 0.717) is 34.9 Å². The zero-order valence-corrected chi connectivity index (χ0v) is 14.9. The standard InChI is InChI=1S/C17H15BrN2O5/c1-10(25-17(22)11-6-12(18)9-19-8-11)16(21)20-13-2-3-14-15(7-13)24-5-4-23-14/h2-3,6-10H,4-5H2,1H3,(H,20,21)/t10-/m0/s1. The zero-order chi connectivity index (χ0) is 17.8. The summed E-state index contributed by atoms with van der Waals surface area (Å²) in [6.07, 6.45) is 1.95. The van der Waals surface area contributed by atoms with Crippen LogP contribution in [0.4, 0.5) is 5.69 Å². The molecule has 0 bridgehead atoms. The highest BCUT2D eigenvalue weighted by molar-refractivity contribution is 9.10. The van der Waals surface area contributed by atoms with Crippen LogP contribution in [-0.4, -0.2) is 36.2 Å². The third-order valence-electron chi connectivity index (χ3n) is 3.40. The second-order valence-corrected chi connectivity index (χ2v) is 6.20. The van der Waals surface area contributed by atoms with E-state index in [1.165, 1.54) is 13.1 Å². The van der Waals surface area contributed by atoms with Gasteiger partial charge >= 0.3 is 5.97 Å². The first-order valence-electron chi connectivity index (χ1n) is 7.55. The highest BCUT2D eigenvalue weighted by Crippen LogP contribution is 2.32. The number of nitrogens with one attached hydrogen (secondary N) is 1. The Hall–Kier alpha value is -2.61. The first-order chi connectivity index (χ1) is 12.0. The van der Waals surface area contributed by atoms with Gasteiger partial charge in [0.15, 0.2) is 17.6 Å². The highest BCUT2D eigenvalue weighted by Gasteiger charge is 2.20. The van der Waals surface area contributed by atoms with Gasteiger partial charge in [-0.2, -0.15) is 0 Å². The van der Waals surface area contributed by atoms with Gasteiger partial charge < -0.3 is 19.5 Å². The molecule has 0 radical (unpaired) electrons. The van der Waals surface area contributed by atoms with E-state index in [0.717, 1.165) is 0 Å². The predicted octanol–water partition coefficient (Wildman–Crippen LogP) is 2.80. The van der Waals surface area contributed by atoms with E-state index in [4.69, 9.17) is 14.2 Å². The van der Waals surface area contributed by atoms with E-state index in [1.54, 1.807) is 30.5 Å². The number of esters is 1. The number of fused-ring (bicyclic) bond motifs is 1. The number of hydrogen-bond acceptors (Lipinski definition) is 6. The molecular weight excluding hydrogens is 392 g/mol. The highest BCUT2D eigenvalue weighted by atomic mass is 79.9. The van der Waals surface area contributed by atoms with Crippen molar-refractivity contribution in [1.29, 1.82) is 0 Å². The Morgan fingerprint density at radius 3 is 2.72 bits per heavy atom. The van der Waals surface area contributed by atoms with Gasteiger partial charge in [0.05, 0.1) is 5.56 Å². The zero-order valence-electron chi connectivity index (χ0n) is 13.3. The molecule has 0 saturated carbocycles. The third kappa shape index (κ3) is 4.27. The summed E-state index contributed by atoms with van der Waals surface area (Å²) >= 11 is 3.23. The van der Waals surface area contributed by atoms with Gasteiger partial charge in [0.2, 0.25) is 0 Å². The predicted molar refractivity (Wildman–Crippen MR) is 92.9 cm³/mol. The molecule has 1 aromatic carbocycles. The summed E-state index contributed by atoms with van der Waals surface area (Å²) in [5, 5.41) is 2.68. The van der Waals surface area contributed by atoms with E-state index in [9.17, 15) is 9.59 Å². The molecule has 1 amide bonds. The molecule has 0 spiro atoms. The number of halogens is 1. The second-order valence-electron chi connectivity index (χ2n) is 5.29. The first kappa shape index (κ1) is 17.2. The molecule has 1 N–H and O–H groups in total. The van der Waals surface area contributed by atoms with Crippen molar-refractivity contribution in [1.82, 2.24) is 4.98 Å². The summed E-state index contributed by atoms with van der Waals surface area (Å²) in [6, 6.07) is 6.64. The Morgan fingerprint density at radius 1 is 1.20 bits per heavy atom. The van der Waals surface area contributed by atoms with Crippen LogP contribution >= 0.6 is 15.9 Å². The van der Waals surface area contributed by atoms with Gasteiger partial charge in [0.1, 0.15) is 13.2 Å². The Labute approximate surface area is 152 Å². The van der Waals surface area contributed by atoms with Crippen LogP contribution in [0.2, 0.25) is 0 Å². The lowest BCUT2D eigenvalue weighted by molar-refractivity contribution is -0.123. The van der Waals surface area contributed by atoms with E-state index >= 15 is 0 Å². The molecule has 25 heavy (non-hydrogen) atoms. The monoisotopic (exact) mass is 406 g/mol. The SMILES string of the molecule is C[C@H](OC(=O)c1cncc(Br)c1)C(=O)Nc1ccc2c(c1)OCCO2. The average molecular weight is 407 g/mol. The Balaban J connectivity index is 1.62. The number of anilines is 1. The van der Waals surface area contributed by atoms with Crippen LogP contribution in [0.25, 0.3) is 0 Å². The van der Waals surface area contributed by atoms with Crippen molar-refractivity contribution in [3.63, 3.8) is 0 Å². The number of hydrogen-bond donors (Lipinski definition) is 1. The summed E-state index contributed by atoms with van der Waals surface area (Å²) in [5.74, 6) is 0.117. The molecule has 1 aliphatic heterocycles. The van der Waals surface area contributed by atoms with Crippen molar-refractivity contribution < 1.29 is 23.8 Å². The number of amides is 1. The topological polar surface area (TPSA) is 86.8 Å². The Bertz CT molecular complexity index is 811. The number of pyridine rings is 1. The lowest BCUT2D eigenvalue weighted by atomic mass is 10.2. The van der Waals surface area contributed by atoms with Crippen molar-refractivity contribution in [2.24, 2.45) is 0 Å². The summed E-state index contributed by atoms with van der Waals surface area (Å²) in [6.45, 7) is 2.45. The molecule has 7 nitrogen and oxygen atoms in total.